The maximum atomic E-state index is 3.46. The Labute approximate surface area is 115 Å². The maximum Gasteiger partial charge on any atom is 0.0369 e. The molecule has 0 bridgehead atoms. The number of fused-ring (bicyclic) bond motifs is 1. The monoisotopic (exact) mass is 326 g/mol. The molecule has 0 aliphatic carbocycles. The smallest absolute Gasteiger partial charge is 0.0369 e. The van der Waals surface area contributed by atoms with Gasteiger partial charge in [0.25, 0.3) is 0 Å². The van der Waals surface area contributed by atoms with Crippen LogP contribution in [0.4, 0.5) is 0 Å². The highest BCUT2D eigenvalue weighted by molar-refractivity contribution is 9.10. The van der Waals surface area contributed by atoms with E-state index in [0.29, 0.717) is 0 Å². The van der Waals surface area contributed by atoms with E-state index >= 15 is 0 Å². The summed E-state index contributed by atoms with van der Waals surface area (Å²) in [4.78, 5) is 4.11. The van der Waals surface area contributed by atoms with Gasteiger partial charge in [-0.1, -0.05) is 51.6 Å². The number of rotatable bonds is 1. The molecule has 0 N–H and O–H groups in total. The standard InChI is InChI=1S/C12H7BrS3/c13-9-3-1-8(2-4-9)10-7-15-11-5-14-6-12(11)16-10/h1-7H. The van der Waals surface area contributed by atoms with E-state index in [1.807, 2.05) is 23.5 Å². The lowest BCUT2D eigenvalue weighted by Crippen LogP contribution is -1.83. The molecule has 0 nitrogen and oxygen atoms in total. The zero-order valence-electron chi connectivity index (χ0n) is 8.14. The molecule has 1 aromatic heterocycles. The van der Waals surface area contributed by atoms with Crippen molar-refractivity contribution in [3.05, 3.63) is 50.5 Å². The van der Waals surface area contributed by atoms with Crippen molar-refractivity contribution in [2.75, 3.05) is 0 Å². The molecule has 3 rings (SSSR count). The van der Waals surface area contributed by atoms with Crippen LogP contribution in [0, 0.1) is 0 Å². The van der Waals surface area contributed by atoms with E-state index in [9.17, 15) is 0 Å². The second kappa shape index (κ2) is 4.61. The maximum absolute atomic E-state index is 3.46. The fourth-order valence-corrected chi connectivity index (χ4v) is 4.97. The molecule has 0 unspecified atom stereocenters. The molecular formula is C12H7BrS3. The summed E-state index contributed by atoms with van der Waals surface area (Å²) < 4.78 is 1.13. The number of halogens is 1. The summed E-state index contributed by atoms with van der Waals surface area (Å²) in [7, 11) is 0. The zero-order valence-corrected chi connectivity index (χ0v) is 12.2. The van der Waals surface area contributed by atoms with Crippen LogP contribution in [0.3, 0.4) is 0 Å². The molecule has 1 aliphatic rings. The van der Waals surface area contributed by atoms with Crippen LogP contribution in [0.15, 0.2) is 54.7 Å². The van der Waals surface area contributed by atoms with Crippen molar-refractivity contribution in [3.8, 4) is 0 Å². The average Bonchev–Trinajstić information content (AvgIpc) is 2.77. The third kappa shape index (κ3) is 2.12. The molecule has 1 aliphatic heterocycles. The Morgan fingerprint density at radius 3 is 2.50 bits per heavy atom. The van der Waals surface area contributed by atoms with Crippen molar-refractivity contribution in [2.24, 2.45) is 0 Å². The zero-order chi connectivity index (χ0) is 11.0. The minimum Gasteiger partial charge on any atom is -0.150 e. The molecular weight excluding hydrogens is 320 g/mol. The summed E-state index contributed by atoms with van der Waals surface area (Å²) in [5.74, 6) is 0. The highest BCUT2D eigenvalue weighted by atomic mass is 79.9. The highest BCUT2D eigenvalue weighted by Gasteiger charge is 2.14. The van der Waals surface area contributed by atoms with Gasteiger partial charge in [-0.3, -0.25) is 0 Å². The summed E-state index contributed by atoms with van der Waals surface area (Å²) in [5, 5.41) is 6.67. The normalized spacial score (nSPS) is 14.4. The van der Waals surface area contributed by atoms with E-state index in [1.54, 1.807) is 11.3 Å². The first-order chi connectivity index (χ1) is 7.83. The Bertz CT molecular complexity index is 540. The lowest BCUT2D eigenvalue weighted by molar-refractivity contribution is 1.35. The van der Waals surface area contributed by atoms with Gasteiger partial charge in [0.05, 0.1) is 0 Å². The summed E-state index contributed by atoms with van der Waals surface area (Å²) in [6.07, 6.45) is 0. The summed E-state index contributed by atoms with van der Waals surface area (Å²) in [5.41, 5.74) is 1.29. The van der Waals surface area contributed by atoms with Gasteiger partial charge in [0, 0.05) is 29.9 Å². The minimum absolute atomic E-state index is 1.13. The van der Waals surface area contributed by atoms with Crippen LogP contribution in [-0.4, -0.2) is 0 Å². The molecule has 4 heteroatoms. The van der Waals surface area contributed by atoms with E-state index < -0.39 is 0 Å². The van der Waals surface area contributed by atoms with E-state index in [1.165, 1.54) is 20.3 Å². The molecule has 0 atom stereocenters. The van der Waals surface area contributed by atoms with Gasteiger partial charge in [0.15, 0.2) is 0 Å². The molecule has 0 amide bonds. The van der Waals surface area contributed by atoms with E-state index in [2.05, 4.69) is 56.4 Å². The molecule has 0 spiro atoms. The number of benzene rings is 1. The second-order valence-electron chi connectivity index (χ2n) is 3.31. The predicted octanol–water partition coefficient (Wildman–Crippen LogP) is 5.71. The molecule has 0 fully saturated rings. The third-order valence-electron chi connectivity index (χ3n) is 2.23. The van der Waals surface area contributed by atoms with Gasteiger partial charge in [0.2, 0.25) is 0 Å². The molecule has 80 valence electrons. The van der Waals surface area contributed by atoms with Crippen molar-refractivity contribution >= 4 is 55.7 Å². The molecule has 1 aromatic carbocycles. The van der Waals surface area contributed by atoms with Gasteiger partial charge in [-0.05, 0) is 23.1 Å². The van der Waals surface area contributed by atoms with Crippen LogP contribution in [0.25, 0.3) is 4.91 Å². The van der Waals surface area contributed by atoms with Crippen molar-refractivity contribution < 1.29 is 0 Å². The molecule has 0 saturated heterocycles. The van der Waals surface area contributed by atoms with Crippen molar-refractivity contribution in [2.45, 2.75) is 9.79 Å². The Hall–Kier alpha value is -0.160. The predicted molar refractivity (Wildman–Crippen MR) is 78.2 cm³/mol. The Kier molecular flexibility index (Phi) is 3.16. The van der Waals surface area contributed by atoms with Gasteiger partial charge in [-0.15, -0.1) is 0 Å². The topological polar surface area (TPSA) is 0 Å². The number of thiophene rings is 1. The van der Waals surface area contributed by atoms with Gasteiger partial charge in [-0.2, -0.15) is 11.3 Å². The second-order valence-corrected chi connectivity index (χ2v) is 6.96. The minimum atomic E-state index is 1.13. The fraction of sp³-hybridized carbons (Fsp3) is 0. The highest BCUT2D eigenvalue weighted by Crippen LogP contribution is 2.47. The average molecular weight is 327 g/mol. The largest absolute Gasteiger partial charge is 0.150 e. The van der Waals surface area contributed by atoms with Gasteiger partial charge in [0.1, 0.15) is 0 Å². The Morgan fingerprint density at radius 2 is 1.69 bits per heavy atom. The molecule has 2 heterocycles. The first kappa shape index (κ1) is 11.0. The van der Waals surface area contributed by atoms with Gasteiger partial charge >= 0.3 is 0 Å². The van der Waals surface area contributed by atoms with Crippen molar-refractivity contribution in [1.29, 1.82) is 0 Å². The third-order valence-corrected chi connectivity index (χ3v) is 6.16. The summed E-state index contributed by atoms with van der Waals surface area (Å²) >= 11 is 8.91. The van der Waals surface area contributed by atoms with Crippen molar-refractivity contribution in [3.63, 3.8) is 0 Å². The quantitative estimate of drug-likeness (QED) is 0.658. The van der Waals surface area contributed by atoms with Crippen LogP contribution in [0.5, 0.6) is 0 Å². The number of hydrogen-bond acceptors (Lipinski definition) is 3. The fourth-order valence-electron chi connectivity index (χ4n) is 1.43. The van der Waals surface area contributed by atoms with Crippen LogP contribution in [0.1, 0.15) is 5.56 Å². The summed E-state index contributed by atoms with van der Waals surface area (Å²) in [6.45, 7) is 0. The van der Waals surface area contributed by atoms with Crippen LogP contribution in [-0.2, 0) is 0 Å². The summed E-state index contributed by atoms with van der Waals surface area (Å²) in [6, 6.07) is 8.48. The Morgan fingerprint density at radius 1 is 0.938 bits per heavy atom. The molecule has 0 saturated carbocycles. The SMILES string of the molecule is Brc1ccc(C2=CSc3cscc3S2)cc1. The first-order valence-electron chi connectivity index (χ1n) is 4.70. The van der Waals surface area contributed by atoms with Gasteiger partial charge in [-0.25, -0.2) is 0 Å². The lowest BCUT2D eigenvalue weighted by atomic mass is 10.2. The molecule has 2 aromatic rings. The van der Waals surface area contributed by atoms with Crippen LogP contribution in [0.2, 0.25) is 0 Å². The molecule has 0 radical (unpaired) electrons. The number of thioether (sulfide) groups is 2. The van der Waals surface area contributed by atoms with Crippen molar-refractivity contribution in [1.82, 2.24) is 0 Å². The number of hydrogen-bond donors (Lipinski definition) is 0. The van der Waals surface area contributed by atoms with E-state index in [-0.39, 0.29) is 0 Å². The van der Waals surface area contributed by atoms with Crippen LogP contribution >= 0.6 is 50.8 Å². The molecule has 16 heavy (non-hydrogen) atoms. The van der Waals surface area contributed by atoms with Crippen LogP contribution < -0.4 is 0 Å². The Balaban J connectivity index is 1.92. The van der Waals surface area contributed by atoms with Gasteiger partial charge < -0.3 is 0 Å². The lowest BCUT2D eigenvalue weighted by Gasteiger charge is -2.12. The van der Waals surface area contributed by atoms with E-state index in [4.69, 9.17) is 0 Å². The first-order valence-corrected chi connectivity index (χ1v) is 8.13. The van der Waals surface area contributed by atoms with E-state index in [0.717, 1.165) is 4.47 Å².